The SMILES string of the molecule is CCc1nnsc1C(=O)Nc1ccc2c(ccn2CC)c1. The molecule has 0 bridgehead atoms. The van der Waals surface area contributed by atoms with Crippen molar-refractivity contribution >= 4 is 34.0 Å². The van der Waals surface area contributed by atoms with Gasteiger partial charge in [0.15, 0.2) is 0 Å². The first-order valence-corrected chi connectivity index (χ1v) is 7.71. The third-order valence-electron chi connectivity index (χ3n) is 3.47. The molecule has 5 nitrogen and oxygen atoms in total. The highest BCUT2D eigenvalue weighted by atomic mass is 32.1. The molecule has 0 fully saturated rings. The number of amides is 1. The zero-order valence-electron chi connectivity index (χ0n) is 12.0. The van der Waals surface area contributed by atoms with Crippen LogP contribution in [-0.4, -0.2) is 20.1 Å². The Morgan fingerprint density at radius 1 is 1.33 bits per heavy atom. The Morgan fingerprint density at radius 3 is 2.95 bits per heavy atom. The summed E-state index contributed by atoms with van der Waals surface area (Å²) in [5.41, 5.74) is 2.71. The third kappa shape index (κ3) is 2.54. The topological polar surface area (TPSA) is 59.8 Å². The molecule has 1 N–H and O–H groups in total. The van der Waals surface area contributed by atoms with Crippen LogP contribution in [0, 0.1) is 0 Å². The lowest BCUT2D eigenvalue weighted by Crippen LogP contribution is -2.12. The Morgan fingerprint density at radius 2 is 2.19 bits per heavy atom. The minimum absolute atomic E-state index is 0.142. The van der Waals surface area contributed by atoms with Crippen LogP contribution >= 0.6 is 11.5 Å². The molecule has 6 heteroatoms. The maximum atomic E-state index is 12.3. The molecule has 0 saturated heterocycles. The summed E-state index contributed by atoms with van der Waals surface area (Å²) in [4.78, 5) is 12.9. The van der Waals surface area contributed by atoms with Crippen molar-refractivity contribution in [1.82, 2.24) is 14.2 Å². The fourth-order valence-corrected chi connectivity index (χ4v) is 3.00. The van der Waals surface area contributed by atoms with Crippen LogP contribution in [0.3, 0.4) is 0 Å². The van der Waals surface area contributed by atoms with Gasteiger partial charge in [0.25, 0.3) is 5.91 Å². The highest BCUT2D eigenvalue weighted by molar-refractivity contribution is 7.08. The van der Waals surface area contributed by atoms with Gasteiger partial charge in [-0.05, 0) is 49.1 Å². The van der Waals surface area contributed by atoms with Crippen LogP contribution in [0.2, 0.25) is 0 Å². The van der Waals surface area contributed by atoms with E-state index in [0.717, 1.165) is 34.8 Å². The second-order valence-electron chi connectivity index (χ2n) is 4.73. The molecule has 21 heavy (non-hydrogen) atoms. The summed E-state index contributed by atoms with van der Waals surface area (Å²) in [6.45, 7) is 5.01. The molecule has 0 aliphatic rings. The highest BCUT2D eigenvalue weighted by Crippen LogP contribution is 2.22. The van der Waals surface area contributed by atoms with Gasteiger partial charge in [-0.15, -0.1) is 5.10 Å². The number of carbonyl (C=O) groups excluding carboxylic acids is 1. The average molecular weight is 300 g/mol. The first kappa shape index (κ1) is 13.8. The van der Waals surface area contributed by atoms with E-state index in [2.05, 4.69) is 38.7 Å². The summed E-state index contributed by atoms with van der Waals surface area (Å²) in [6, 6.07) is 7.99. The first-order chi connectivity index (χ1) is 10.2. The van der Waals surface area contributed by atoms with Gasteiger partial charge in [0.05, 0.1) is 5.69 Å². The van der Waals surface area contributed by atoms with Crippen LogP contribution in [0.25, 0.3) is 10.9 Å². The van der Waals surface area contributed by atoms with Crippen molar-refractivity contribution < 1.29 is 4.79 Å². The molecule has 1 aromatic carbocycles. The Labute approximate surface area is 126 Å². The van der Waals surface area contributed by atoms with Crippen molar-refractivity contribution in [2.45, 2.75) is 26.8 Å². The summed E-state index contributed by atoms with van der Waals surface area (Å²) in [6.07, 6.45) is 2.76. The van der Waals surface area contributed by atoms with Crippen molar-refractivity contribution in [3.05, 3.63) is 41.0 Å². The Balaban J connectivity index is 1.86. The summed E-state index contributed by atoms with van der Waals surface area (Å²) in [5, 5.41) is 8.01. The second kappa shape index (κ2) is 5.65. The number of rotatable bonds is 4. The normalized spacial score (nSPS) is 11.0. The van der Waals surface area contributed by atoms with E-state index >= 15 is 0 Å². The minimum Gasteiger partial charge on any atom is -0.348 e. The molecule has 2 heterocycles. The van der Waals surface area contributed by atoms with Crippen molar-refractivity contribution in [3.8, 4) is 0 Å². The van der Waals surface area contributed by atoms with Gasteiger partial charge in [-0.3, -0.25) is 4.79 Å². The number of hydrogen-bond donors (Lipinski definition) is 1. The maximum absolute atomic E-state index is 12.3. The van der Waals surface area contributed by atoms with E-state index in [4.69, 9.17) is 0 Å². The molecule has 108 valence electrons. The van der Waals surface area contributed by atoms with Crippen LogP contribution < -0.4 is 5.32 Å². The molecule has 1 amide bonds. The summed E-state index contributed by atoms with van der Waals surface area (Å²) in [5.74, 6) is -0.142. The van der Waals surface area contributed by atoms with Crippen LogP contribution in [0.1, 0.15) is 29.2 Å². The number of nitrogens with zero attached hydrogens (tertiary/aromatic N) is 3. The molecular formula is C15H16N4OS. The van der Waals surface area contributed by atoms with Crippen molar-refractivity contribution in [2.75, 3.05) is 5.32 Å². The molecule has 0 saturated carbocycles. The molecule has 2 aromatic heterocycles. The van der Waals surface area contributed by atoms with Crippen LogP contribution in [0.4, 0.5) is 5.69 Å². The lowest BCUT2D eigenvalue weighted by molar-refractivity contribution is 0.102. The number of aromatic nitrogens is 3. The first-order valence-electron chi connectivity index (χ1n) is 6.94. The van der Waals surface area contributed by atoms with Gasteiger partial charge < -0.3 is 9.88 Å². The van der Waals surface area contributed by atoms with E-state index in [1.54, 1.807) is 0 Å². The smallest absolute Gasteiger partial charge is 0.269 e. The van der Waals surface area contributed by atoms with Gasteiger partial charge in [-0.2, -0.15) is 0 Å². The van der Waals surface area contributed by atoms with E-state index < -0.39 is 0 Å². The van der Waals surface area contributed by atoms with Gasteiger partial charge in [0, 0.05) is 29.3 Å². The van der Waals surface area contributed by atoms with Gasteiger partial charge in [-0.25, -0.2) is 0 Å². The largest absolute Gasteiger partial charge is 0.348 e. The Kier molecular flexibility index (Phi) is 3.70. The van der Waals surface area contributed by atoms with E-state index in [0.29, 0.717) is 11.3 Å². The number of nitrogens with one attached hydrogen (secondary N) is 1. The molecular weight excluding hydrogens is 284 g/mol. The number of aryl methyl sites for hydroxylation is 2. The van der Waals surface area contributed by atoms with Crippen LogP contribution in [0.5, 0.6) is 0 Å². The molecule has 0 atom stereocenters. The molecule has 0 spiro atoms. The van der Waals surface area contributed by atoms with Gasteiger partial charge in [-0.1, -0.05) is 11.4 Å². The van der Waals surface area contributed by atoms with Crippen molar-refractivity contribution in [2.24, 2.45) is 0 Å². The number of anilines is 1. The number of hydrogen-bond acceptors (Lipinski definition) is 4. The quantitative estimate of drug-likeness (QED) is 0.804. The number of carbonyl (C=O) groups is 1. The highest BCUT2D eigenvalue weighted by Gasteiger charge is 2.15. The molecule has 3 aromatic rings. The molecule has 3 rings (SSSR count). The monoisotopic (exact) mass is 300 g/mol. The maximum Gasteiger partial charge on any atom is 0.269 e. The fraction of sp³-hybridized carbons (Fsp3) is 0.267. The van der Waals surface area contributed by atoms with E-state index in [1.807, 2.05) is 25.1 Å². The molecule has 0 aliphatic heterocycles. The predicted molar refractivity (Wildman–Crippen MR) is 84.9 cm³/mol. The minimum atomic E-state index is -0.142. The van der Waals surface area contributed by atoms with Gasteiger partial charge in [0.2, 0.25) is 0 Å². The van der Waals surface area contributed by atoms with Crippen LogP contribution in [0.15, 0.2) is 30.5 Å². The zero-order valence-corrected chi connectivity index (χ0v) is 12.8. The Hall–Kier alpha value is -2.21. The van der Waals surface area contributed by atoms with Gasteiger partial charge >= 0.3 is 0 Å². The van der Waals surface area contributed by atoms with E-state index in [9.17, 15) is 4.79 Å². The summed E-state index contributed by atoms with van der Waals surface area (Å²) in [7, 11) is 0. The zero-order chi connectivity index (χ0) is 14.8. The number of fused-ring (bicyclic) bond motifs is 1. The van der Waals surface area contributed by atoms with E-state index in [-0.39, 0.29) is 5.91 Å². The Bertz CT molecular complexity index is 790. The number of benzene rings is 1. The van der Waals surface area contributed by atoms with Gasteiger partial charge in [0.1, 0.15) is 4.88 Å². The van der Waals surface area contributed by atoms with Crippen molar-refractivity contribution in [1.29, 1.82) is 0 Å². The van der Waals surface area contributed by atoms with Crippen LogP contribution in [-0.2, 0) is 13.0 Å². The predicted octanol–water partition coefficient (Wildman–Crippen LogP) is 3.33. The molecule has 0 radical (unpaired) electrons. The lowest BCUT2D eigenvalue weighted by Gasteiger charge is -2.06. The fourth-order valence-electron chi connectivity index (χ4n) is 2.35. The summed E-state index contributed by atoms with van der Waals surface area (Å²) >= 11 is 1.14. The standard InChI is InChI=1S/C15H16N4OS/c1-3-12-14(21-18-17-12)15(20)16-11-5-6-13-10(9-11)7-8-19(13)4-2/h5-9H,3-4H2,1-2H3,(H,16,20). The lowest BCUT2D eigenvalue weighted by atomic mass is 10.2. The second-order valence-corrected chi connectivity index (χ2v) is 5.49. The average Bonchev–Trinajstić information content (AvgIpc) is 3.12. The third-order valence-corrected chi connectivity index (χ3v) is 4.23. The van der Waals surface area contributed by atoms with E-state index in [1.165, 1.54) is 5.52 Å². The molecule has 0 unspecified atom stereocenters. The van der Waals surface area contributed by atoms with Crippen molar-refractivity contribution in [3.63, 3.8) is 0 Å². The summed E-state index contributed by atoms with van der Waals surface area (Å²) < 4.78 is 6.02. The molecule has 0 aliphatic carbocycles.